The minimum absolute atomic E-state index is 0.504. The average molecular weight is 681 g/mol. The number of aliphatic carboxylic acids is 3. The van der Waals surface area contributed by atoms with Gasteiger partial charge in [-0.1, -0.05) is 12.1 Å². The monoisotopic (exact) mass is 680 g/mol. The summed E-state index contributed by atoms with van der Waals surface area (Å²) < 4.78 is 101. The summed E-state index contributed by atoms with van der Waals surface area (Å²) in [6.45, 7) is 5.86. The van der Waals surface area contributed by atoms with Crippen molar-refractivity contribution >= 4 is 17.9 Å². The van der Waals surface area contributed by atoms with Crippen molar-refractivity contribution in [1.29, 1.82) is 0 Å². The predicted molar refractivity (Wildman–Crippen MR) is 138 cm³/mol. The highest BCUT2D eigenvalue weighted by Gasteiger charge is 2.40. The van der Waals surface area contributed by atoms with Crippen LogP contribution in [0.2, 0.25) is 0 Å². The first kappa shape index (κ1) is 40.0. The summed E-state index contributed by atoms with van der Waals surface area (Å²) in [4.78, 5) is 40.8. The molecule has 2 aliphatic heterocycles. The second kappa shape index (κ2) is 18.2. The van der Waals surface area contributed by atoms with Crippen molar-refractivity contribution in [2.24, 2.45) is 0 Å². The standard InChI is InChI=1S/C20H26N4O.3C2HF3O2/c1-2-8-22-18(5-1)16-24-9-6-19(23-10-12-25-13-11-23)20(24)14-17-4-3-7-21-15-17;3*3-2(4,5)1(6)7/h1-5,7-8,15,19-20H,6,9-14,16H2;3*(H,6,7)/t19-,20+;;;/m1.../s1. The number of hydrogen-bond acceptors (Lipinski definition) is 8. The van der Waals surface area contributed by atoms with Crippen LogP contribution in [0.25, 0.3) is 0 Å². The number of rotatable bonds is 5. The quantitative estimate of drug-likeness (QED) is 0.395. The Hall–Kier alpha value is -4.04. The van der Waals surface area contributed by atoms with E-state index in [1.807, 2.05) is 30.7 Å². The fraction of sp³-hybridized carbons (Fsp3) is 0.500. The maximum atomic E-state index is 10.6. The van der Waals surface area contributed by atoms with Crippen molar-refractivity contribution in [3.05, 3.63) is 60.2 Å². The zero-order valence-corrected chi connectivity index (χ0v) is 23.6. The summed E-state index contributed by atoms with van der Waals surface area (Å²) in [6.07, 6.45) is -7.24. The summed E-state index contributed by atoms with van der Waals surface area (Å²) in [5.41, 5.74) is 2.47. The first-order valence-corrected chi connectivity index (χ1v) is 13.0. The number of ether oxygens (including phenoxy) is 1. The molecule has 0 radical (unpaired) electrons. The van der Waals surface area contributed by atoms with E-state index in [9.17, 15) is 39.5 Å². The van der Waals surface area contributed by atoms with E-state index in [2.05, 4.69) is 38.0 Å². The van der Waals surface area contributed by atoms with Crippen molar-refractivity contribution in [3.8, 4) is 0 Å². The van der Waals surface area contributed by atoms with E-state index < -0.39 is 36.4 Å². The number of carboxylic acids is 3. The lowest BCUT2D eigenvalue weighted by atomic mass is 9.99. The van der Waals surface area contributed by atoms with Gasteiger partial charge in [0.1, 0.15) is 0 Å². The lowest BCUT2D eigenvalue weighted by Gasteiger charge is -2.37. The van der Waals surface area contributed by atoms with Gasteiger partial charge in [0.2, 0.25) is 0 Å². The van der Waals surface area contributed by atoms with Crippen molar-refractivity contribution in [3.63, 3.8) is 0 Å². The van der Waals surface area contributed by atoms with E-state index in [4.69, 9.17) is 34.4 Å². The molecule has 0 aliphatic carbocycles. The predicted octanol–water partition coefficient (Wildman–Crippen LogP) is 3.89. The molecule has 20 heteroatoms. The largest absolute Gasteiger partial charge is 0.490 e. The molecule has 2 aliphatic rings. The highest BCUT2D eigenvalue weighted by atomic mass is 19.4. The van der Waals surface area contributed by atoms with Crippen LogP contribution in [0.3, 0.4) is 0 Å². The SMILES string of the molecule is O=C(O)C(F)(F)F.O=C(O)C(F)(F)F.O=C(O)C(F)(F)F.c1ccc(CN2CC[C@@H](N3CCOCC3)[C@@H]2Cc2cccnc2)nc1. The van der Waals surface area contributed by atoms with Crippen LogP contribution in [-0.2, 0) is 32.1 Å². The Kier molecular flexibility index (Phi) is 15.8. The molecule has 2 aromatic rings. The molecule has 0 spiro atoms. The summed E-state index contributed by atoms with van der Waals surface area (Å²) in [5, 5.41) is 21.4. The van der Waals surface area contributed by atoms with Crippen LogP contribution < -0.4 is 0 Å². The van der Waals surface area contributed by atoms with Gasteiger partial charge in [-0.25, -0.2) is 14.4 Å². The highest BCUT2D eigenvalue weighted by molar-refractivity contribution is 5.73. The van der Waals surface area contributed by atoms with Gasteiger partial charge in [0.05, 0.1) is 18.9 Å². The number of halogens is 9. The van der Waals surface area contributed by atoms with Crippen LogP contribution in [-0.4, -0.2) is 116 Å². The first-order chi connectivity index (χ1) is 21.2. The smallest absolute Gasteiger partial charge is 0.475 e. The Bertz CT molecular complexity index is 1160. The molecule has 2 aromatic heterocycles. The fourth-order valence-corrected chi connectivity index (χ4v) is 4.16. The number of likely N-dealkylation sites (tertiary alicyclic amines) is 1. The van der Waals surface area contributed by atoms with Crippen LogP contribution in [0.15, 0.2) is 48.9 Å². The Morgan fingerprint density at radius 1 is 0.783 bits per heavy atom. The summed E-state index contributed by atoms with van der Waals surface area (Å²) in [5.74, 6) is -8.27. The third kappa shape index (κ3) is 15.3. The summed E-state index contributed by atoms with van der Waals surface area (Å²) in [6, 6.07) is 11.5. The molecule has 0 unspecified atom stereocenters. The molecule has 3 N–H and O–H groups in total. The molecule has 2 fully saturated rings. The first-order valence-electron chi connectivity index (χ1n) is 13.0. The zero-order chi connectivity index (χ0) is 35.1. The molecule has 258 valence electrons. The van der Waals surface area contributed by atoms with Gasteiger partial charge in [-0.2, -0.15) is 39.5 Å². The number of carboxylic acid groups (broad SMARTS) is 3. The lowest BCUT2D eigenvalue weighted by molar-refractivity contribution is -0.193. The normalized spacial score (nSPS) is 18.9. The van der Waals surface area contributed by atoms with E-state index in [0.717, 1.165) is 51.5 Å². The van der Waals surface area contributed by atoms with Crippen molar-refractivity contribution < 1.29 is 74.0 Å². The van der Waals surface area contributed by atoms with Crippen LogP contribution in [0.1, 0.15) is 17.7 Å². The second-order valence-electron chi connectivity index (χ2n) is 9.34. The molecule has 4 heterocycles. The van der Waals surface area contributed by atoms with Crippen LogP contribution >= 0.6 is 0 Å². The van der Waals surface area contributed by atoms with E-state index in [1.165, 1.54) is 12.0 Å². The number of morpholine rings is 1. The maximum Gasteiger partial charge on any atom is 0.490 e. The van der Waals surface area contributed by atoms with Gasteiger partial charge in [-0.05, 0) is 36.6 Å². The van der Waals surface area contributed by atoms with Gasteiger partial charge >= 0.3 is 36.4 Å². The minimum Gasteiger partial charge on any atom is -0.475 e. The van der Waals surface area contributed by atoms with Gasteiger partial charge in [0.15, 0.2) is 0 Å². The number of nitrogens with zero attached hydrogens (tertiary/aromatic N) is 4. The molecule has 0 amide bonds. The number of hydrogen-bond donors (Lipinski definition) is 3. The molecule has 4 rings (SSSR count). The van der Waals surface area contributed by atoms with E-state index >= 15 is 0 Å². The molecule has 2 atom stereocenters. The molecular weight excluding hydrogens is 651 g/mol. The van der Waals surface area contributed by atoms with Gasteiger partial charge < -0.3 is 20.1 Å². The van der Waals surface area contributed by atoms with E-state index in [-0.39, 0.29) is 0 Å². The molecule has 2 saturated heterocycles. The average Bonchev–Trinajstić information content (AvgIpc) is 3.35. The molecule has 0 bridgehead atoms. The van der Waals surface area contributed by atoms with Gasteiger partial charge in [-0.15, -0.1) is 0 Å². The second-order valence-corrected chi connectivity index (χ2v) is 9.34. The fourth-order valence-electron chi connectivity index (χ4n) is 4.16. The van der Waals surface area contributed by atoms with Gasteiger partial charge in [0, 0.05) is 56.9 Å². The Morgan fingerprint density at radius 2 is 1.30 bits per heavy atom. The van der Waals surface area contributed by atoms with Gasteiger partial charge in [0.25, 0.3) is 0 Å². The van der Waals surface area contributed by atoms with Crippen LogP contribution in [0.4, 0.5) is 39.5 Å². The topological polar surface area (TPSA) is 153 Å². The molecule has 11 nitrogen and oxygen atoms in total. The van der Waals surface area contributed by atoms with Crippen molar-refractivity contribution in [2.45, 2.75) is 50.0 Å². The van der Waals surface area contributed by atoms with E-state index in [1.54, 1.807) is 0 Å². The molecule has 46 heavy (non-hydrogen) atoms. The zero-order valence-electron chi connectivity index (χ0n) is 23.6. The van der Waals surface area contributed by atoms with Crippen molar-refractivity contribution in [2.75, 3.05) is 32.8 Å². The lowest BCUT2D eigenvalue weighted by Crippen LogP contribution is -2.50. The molecular formula is C26H29F9N4O7. The highest BCUT2D eigenvalue weighted by Crippen LogP contribution is 2.28. The molecule has 0 aromatic carbocycles. The summed E-state index contributed by atoms with van der Waals surface area (Å²) >= 11 is 0. The van der Waals surface area contributed by atoms with Crippen LogP contribution in [0, 0.1) is 0 Å². The third-order valence-corrected chi connectivity index (χ3v) is 6.13. The third-order valence-electron chi connectivity index (χ3n) is 6.13. The van der Waals surface area contributed by atoms with Gasteiger partial charge in [-0.3, -0.25) is 19.8 Å². The van der Waals surface area contributed by atoms with Crippen molar-refractivity contribution in [1.82, 2.24) is 19.8 Å². The number of pyridine rings is 2. The number of aromatic nitrogens is 2. The minimum atomic E-state index is -5.08. The number of alkyl halides is 9. The Balaban J connectivity index is 0.000000413. The maximum absolute atomic E-state index is 10.6. The molecule has 0 saturated carbocycles. The van der Waals surface area contributed by atoms with Crippen LogP contribution in [0.5, 0.6) is 0 Å². The van der Waals surface area contributed by atoms with E-state index in [0.29, 0.717) is 12.1 Å². The Morgan fingerprint density at radius 3 is 1.72 bits per heavy atom. The summed E-state index contributed by atoms with van der Waals surface area (Å²) in [7, 11) is 0. The Labute approximate surface area is 255 Å². The number of carbonyl (C=O) groups is 3.